The molecule has 12 heteroatoms. The van der Waals surface area contributed by atoms with Gasteiger partial charge in [0.1, 0.15) is 0 Å². The molecule has 0 unspecified atom stereocenters. The van der Waals surface area contributed by atoms with Gasteiger partial charge in [-0.2, -0.15) is 12.7 Å². The van der Waals surface area contributed by atoms with E-state index in [-0.39, 0.29) is 43.0 Å². The number of nitrogens with one attached hydrogen (secondary N) is 1. The van der Waals surface area contributed by atoms with Crippen LogP contribution in [-0.4, -0.2) is 85.1 Å². The van der Waals surface area contributed by atoms with Gasteiger partial charge in [0, 0.05) is 51.4 Å². The Morgan fingerprint density at radius 2 is 2.00 bits per heavy atom. The minimum absolute atomic E-state index is 0.00515. The fourth-order valence-corrected chi connectivity index (χ4v) is 4.68. The van der Waals surface area contributed by atoms with E-state index in [0.29, 0.717) is 13.1 Å². The summed E-state index contributed by atoms with van der Waals surface area (Å²) >= 11 is 0. The molecule has 2 aliphatic heterocycles. The lowest BCUT2D eigenvalue weighted by Crippen LogP contribution is -2.53. The van der Waals surface area contributed by atoms with Crippen molar-refractivity contribution < 1.29 is 28.2 Å². The van der Waals surface area contributed by atoms with Crippen molar-refractivity contribution in [2.45, 2.75) is 18.4 Å². The highest BCUT2D eigenvalue weighted by Gasteiger charge is 2.41. The molecule has 3 heterocycles. The maximum absolute atomic E-state index is 12.5. The molecular formula is C17H26N4O7S. The normalized spacial score (nSPS) is 23.6. The Bertz CT molecular complexity index is 899. The molecule has 1 aromatic rings. The number of carbonyl (C=O) groups is 2. The molecule has 162 valence electrons. The van der Waals surface area contributed by atoms with Gasteiger partial charge in [-0.15, -0.1) is 0 Å². The summed E-state index contributed by atoms with van der Waals surface area (Å²) in [5.74, 6) is -0.811. The second kappa shape index (κ2) is 9.48. The van der Waals surface area contributed by atoms with E-state index in [1.54, 1.807) is 10.6 Å². The van der Waals surface area contributed by atoms with Gasteiger partial charge in [0.2, 0.25) is 0 Å². The van der Waals surface area contributed by atoms with Crippen molar-refractivity contribution in [2.75, 3.05) is 40.3 Å². The lowest BCUT2D eigenvalue weighted by molar-refractivity contribution is -0.139. The zero-order valence-electron chi connectivity index (χ0n) is 16.3. The Balaban J connectivity index is 0.000000941. The number of fused-ring (bicyclic) bond motifs is 4. The van der Waals surface area contributed by atoms with E-state index in [2.05, 4.69) is 4.72 Å². The van der Waals surface area contributed by atoms with Crippen LogP contribution in [0.25, 0.3) is 0 Å². The summed E-state index contributed by atoms with van der Waals surface area (Å²) in [6.45, 7) is 0.899. The highest BCUT2D eigenvalue weighted by atomic mass is 32.2. The smallest absolute Gasteiger partial charge is 0.317 e. The zero-order valence-corrected chi connectivity index (χ0v) is 17.1. The van der Waals surface area contributed by atoms with Gasteiger partial charge in [0.25, 0.3) is 22.2 Å². The summed E-state index contributed by atoms with van der Waals surface area (Å²) in [6.07, 6.45) is 0.813. The summed E-state index contributed by atoms with van der Waals surface area (Å²) in [6, 6.07) is 4.71. The van der Waals surface area contributed by atoms with Gasteiger partial charge < -0.3 is 14.8 Å². The van der Waals surface area contributed by atoms with Crippen LogP contribution < -0.4 is 10.3 Å². The minimum atomic E-state index is -3.61. The molecule has 0 aromatic carbocycles. The van der Waals surface area contributed by atoms with Gasteiger partial charge in [-0.25, -0.2) is 4.72 Å². The van der Waals surface area contributed by atoms with E-state index in [0.717, 1.165) is 16.4 Å². The number of hydrogen-bond donors (Lipinski definition) is 3. The van der Waals surface area contributed by atoms with Crippen LogP contribution in [0.15, 0.2) is 23.0 Å². The number of carboxylic acid groups (broad SMARTS) is 2. The SMILES string of the molecule is CN(C)S(=O)(=O)NC[C@H]1[C@H]2C[C@H](CN(CC(=O)O)C2)c2cccc(=O)n21.O=CO. The van der Waals surface area contributed by atoms with Crippen LogP contribution in [-0.2, 0) is 19.8 Å². The quantitative estimate of drug-likeness (QED) is 0.486. The van der Waals surface area contributed by atoms with Crippen LogP contribution in [0, 0.1) is 5.92 Å². The molecule has 29 heavy (non-hydrogen) atoms. The van der Waals surface area contributed by atoms with Crippen LogP contribution in [0.2, 0.25) is 0 Å². The zero-order chi connectivity index (χ0) is 21.8. The van der Waals surface area contributed by atoms with E-state index < -0.39 is 16.2 Å². The van der Waals surface area contributed by atoms with Gasteiger partial charge in [0.05, 0.1) is 12.6 Å². The van der Waals surface area contributed by atoms with Crippen LogP contribution in [0.3, 0.4) is 0 Å². The highest BCUT2D eigenvalue weighted by Crippen LogP contribution is 2.40. The fraction of sp³-hybridized carbons (Fsp3) is 0.588. The summed E-state index contributed by atoms with van der Waals surface area (Å²) in [4.78, 5) is 33.8. The predicted octanol–water partition coefficient (Wildman–Crippen LogP) is -1.01. The van der Waals surface area contributed by atoms with Gasteiger partial charge in [-0.3, -0.25) is 19.3 Å². The Labute approximate surface area is 168 Å². The summed E-state index contributed by atoms with van der Waals surface area (Å²) in [5, 5.41) is 16.0. The average Bonchev–Trinajstić information content (AvgIpc) is 2.62. The third-order valence-electron chi connectivity index (χ3n) is 5.19. The van der Waals surface area contributed by atoms with Crippen molar-refractivity contribution in [3.8, 4) is 0 Å². The van der Waals surface area contributed by atoms with Gasteiger partial charge in [-0.1, -0.05) is 6.07 Å². The Kier molecular flexibility index (Phi) is 7.52. The van der Waals surface area contributed by atoms with Crippen molar-refractivity contribution in [1.29, 1.82) is 0 Å². The third-order valence-corrected chi connectivity index (χ3v) is 6.68. The molecule has 1 saturated heterocycles. The maximum atomic E-state index is 12.5. The molecule has 2 aliphatic rings. The van der Waals surface area contributed by atoms with Crippen molar-refractivity contribution in [2.24, 2.45) is 5.92 Å². The molecule has 1 aromatic heterocycles. The number of pyridine rings is 1. The van der Waals surface area contributed by atoms with Crippen molar-refractivity contribution in [3.63, 3.8) is 0 Å². The largest absolute Gasteiger partial charge is 0.483 e. The molecule has 2 bridgehead atoms. The average molecular weight is 430 g/mol. The third kappa shape index (κ3) is 5.41. The first-order valence-corrected chi connectivity index (χ1v) is 10.4. The molecule has 0 saturated carbocycles. The lowest BCUT2D eigenvalue weighted by atomic mass is 9.78. The predicted molar refractivity (Wildman–Crippen MR) is 104 cm³/mol. The van der Waals surface area contributed by atoms with E-state index in [1.807, 2.05) is 11.0 Å². The summed E-state index contributed by atoms with van der Waals surface area (Å²) < 4.78 is 29.5. The Hall–Kier alpha value is -2.28. The van der Waals surface area contributed by atoms with Gasteiger partial charge in [-0.05, 0) is 18.4 Å². The number of rotatable bonds is 6. The van der Waals surface area contributed by atoms with E-state index in [1.165, 1.54) is 20.2 Å². The standard InChI is InChI=1S/C16H24N4O5S.CH2O2/c1-18(2)26(24,25)17-7-14-12-6-11(8-19(9-12)10-16(22)23)13-4-3-5-15(21)20(13)14;2-1-3/h3-5,11-12,14,17H,6-10H2,1-2H3,(H,22,23);1H,(H,2,3)/t11-,12+,14+;/m1./s1. The second-order valence-electron chi connectivity index (χ2n) is 7.25. The first kappa shape index (κ1) is 23.0. The van der Waals surface area contributed by atoms with E-state index in [9.17, 15) is 18.0 Å². The molecule has 0 aliphatic carbocycles. The summed E-state index contributed by atoms with van der Waals surface area (Å²) in [7, 11) is -0.734. The number of nitrogens with zero attached hydrogens (tertiary/aromatic N) is 3. The number of carboxylic acids is 1. The highest BCUT2D eigenvalue weighted by molar-refractivity contribution is 7.87. The maximum Gasteiger partial charge on any atom is 0.317 e. The van der Waals surface area contributed by atoms with Gasteiger partial charge >= 0.3 is 5.97 Å². The number of aromatic nitrogens is 1. The second-order valence-corrected chi connectivity index (χ2v) is 9.22. The molecule has 3 N–H and O–H groups in total. The van der Waals surface area contributed by atoms with Crippen LogP contribution in [0.1, 0.15) is 24.1 Å². The van der Waals surface area contributed by atoms with E-state index in [4.69, 9.17) is 15.0 Å². The Morgan fingerprint density at radius 1 is 1.34 bits per heavy atom. The van der Waals surface area contributed by atoms with Crippen molar-refractivity contribution in [3.05, 3.63) is 34.2 Å². The molecule has 0 amide bonds. The summed E-state index contributed by atoms with van der Waals surface area (Å²) in [5.41, 5.74) is 0.691. The molecule has 0 spiro atoms. The van der Waals surface area contributed by atoms with Crippen molar-refractivity contribution in [1.82, 2.24) is 18.5 Å². The molecule has 11 nitrogen and oxygen atoms in total. The Morgan fingerprint density at radius 3 is 2.59 bits per heavy atom. The van der Waals surface area contributed by atoms with Gasteiger partial charge in [0.15, 0.2) is 0 Å². The van der Waals surface area contributed by atoms with Crippen LogP contribution in [0.4, 0.5) is 0 Å². The van der Waals surface area contributed by atoms with Crippen LogP contribution in [0.5, 0.6) is 0 Å². The fourth-order valence-electron chi connectivity index (χ4n) is 4.04. The molecule has 0 radical (unpaired) electrons. The molecule has 3 rings (SSSR count). The number of likely N-dealkylation sites (tertiary alicyclic amines) is 1. The van der Waals surface area contributed by atoms with Crippen LogP contribution >= 0.6 is 0 Å². The first-order valence-electron chi connectivity index (χ1n) is 9.01. The molecule has 1 fully saturated rings. The molecular weight excluding hydrogens is 404 g/mol. The van der Waals surface area contributed by atoms with E-state index >= 15 is 0 Å². The number of aliphatic carboxylic acids is 1. The number of piperidine rings is 1. The first-order chi connectivity index (χ1) is 13.6. The number of hydrogen-bond acceptors (Lipinski definition) is 6. The minimum Gasteiger partial charge on any atom is -0.483 e. The molecule has 3 atom stereocenters. The monoisotopic (exact) mass is 430 g/mol. The van der Waals surface area contributed by atoms with Crippen molar-refractivity contribution >= 4 is 22.7 Å². The topological polar surface area (TPSA) is 149 Å². The lowest BCUT2D eigenvalue weighted by Gasteiger charge is -2.46.